The van der Waals surface area contributed by atoms with Gasteiger partial charge >= 0.3 is 0 Å². The SMILES string of the molecule is OC1(c2ccc(-c3ccccc3)cc2)C[N+]2=C(CCCCC2)N1c1ccc(Cl)cc1.[Br-]. The van der Waals surface area contributed by atoms with Crippen molar-refractivity contribution >= 4 is 23.1 Å². The van der Waals surface area contributed by atoms with Crippen LogP contribution in [0.4, 0.5) is 5.69 Å². The molecule has 1 atom stereocenters. The third-order valence-electron chi connectivity index (χ3n) is 6.27. The molecule has 0 spiro atoms. The van der Waals surface area contributed by atoms with Crippen LogP contribution < -0.4 is 21.9 Å². The summed E-state index contributed by atoms with van der Waals surface area (Å²) in [5, 5.41) is 12.8. The summed E-state index contributed by atoms with van der Waals surface area (Å²) < 4.78 is 2.37. The molecule has 0 radical (unpaired) electrons. The number of aliphatic hydroxyl groups is 1. The quantitative estimate of drug-likeness (QED) is 0.563. The molecule has 160 valence electrons. The highest BCUT2D eigenvalue weighted by Gasteiger charge is 2.53. The van der Waals surface area contributed by atoms with Crippen molar-refractivity contribution < 1.29 is 26.7 Å². The topological polar surface area (TPSA) is 26.5 Å². The maximum atomic E-state index is 12.1. The van der Waals surface area contributed by atoms with Gasteiger partial charge in [0.05, 0.1) is 6.54 Å². The highest BCUT2D eigenvalue weighted by molar-refractivity contribution is 6.30. The van der Waals surface area contributed by atoms with E-state index in [9.17, 15) is 5.11 Å². The molecule has 0 bridgehead atoms. The number of hydrogen-bond donors (Lipinski definition) is 1. The summed E-state index contributed by atoms with van der Waals surface area (Å²) in [5.74, 6) is 1.21. The van der Waals surface area contributed by atoms with Gasteiger partial charge in [-0.1, -0.05) is 66.2 Å². The largest absolute Gasteiger partial charge is 1.00 e. The Bertz CT molecular complexity index is 1070. The molecule has 1 N–H and O–H groups in total. The Morgan fingerprint density at radius 2 is 1.48 bits per heavy atom. The molecule has 5 heteroatoms. The summed E-state index contributed by atoms with van der Waals surface area (Å²) in [6.07, 6.45) is 4.53. The van der Waals surface area contributed by atoms with Gasteiger partial charge in [0.1, 0.15) is 5.69 Å². The minimum atomic E-state index is -1.10. The van der Waals surface area contributed by atoms with E-state index in [-0.39, 0.29) is 17.0 Å². The average molecular weight is 498 g/mol. The summed E-state index contributed by atoms with van der Waals surface area (Å²) in [5.41, 5.74) is 3.13. The lowest BCUT2D eigenvalue weighted by molar-refractivity contribution is -0.534. The normalized spacial score (nSPS) is 20.8. The van der Waals surface area contributed by atoms with Crippen molar-refractivity contribution in [2.45, 2.75) is 31.4 Å². The van der Waals surface area contributed by atoms with Crippen molar-refractivity contribution in [1.29, 1.82) is 0 Å². The van der Waals surface area contributed by atoms with Crippen LogP contribution in [0.3, 0.4) is 0 Å². The summed E-state index contributed by atoms with van der Waals surface area (Å²) in [4.78, 5) is 2.13. The number of hydrogen-bond acceptors (Lipinski definition) is 2. The monoisotopic (exact) mass is 496 g/mol. The van der Waals surface area contributed by atoms with Crippen LogP contribution in [-0.2, 0) is 5.72 Å². The van der Waals surface area contributed by atoms with Crippen molar-refractivity contribution in [3.63, 3.8) is 0 Å². The maximum absolute atomic E-state index is 12.1. The highest BCUT2D eigenvalue weighted by Crippen LogP contribution is 2.38. The van der Waals surface area contributed by atoms with Crippen molar-refractivity contribution in [3.8, 4) is 11.1 Å². The summed E-state index contributed by atoms with van der Waals surface area (Å²) in [6.45, 7) is 1.57. The summed E-state index contributed by atoms with van der Waals surface area (Å²) in [6, 6.07) is 26.5. The minimum Gasteiger partial charge on any atom is -1.00 e. The third-order valence-corrected chi connectivity index (χ3v) is 6.52. The van der Waals surface area contributed by atoms with Crippen molar-refractivity contribution in [3.05, 3.63) is 89.4 Å². The molecule has 0 amide bonds. The Labute approximate surface area is 199 Å². The first-order chi connectivity index (χ1) is 14.6. The van der Waals surface area contributed by atoms with Crippen LogP contribution in [0.1, 0.15) is 31.2 Å². The molecule has 0 fully saturated rings. The lowest BCUT2D eigenvalue weighted by atomic mass is 9.96. The predicted octanol–water partition coefficient (Wildman–Crippen LogP) is 2.66. The van der Waals surface area contributed by atoms with Crippen LogP contribution >= 0.6 is 11.6 Å². The van der Waals surface area contributed by atoms with Gasteiger partial charge in [-0.2, -0.15) is 4.90 Å². The van der Waals surface area contributed by atoms with Crippen LogP contribution in [0.5, 0.6) is 0 Å². The van der Waals surface area contributed by atoms with Crippen LogP contribution in [0, 0.1) is 0 Å². The molecular weight excluding hydrogens is 472 g/mol. The van der Waals surface area contributed by atoms with Crippen molar-refractivity contribution in [2.24, 2.45) is 0 Å². The molecular formula is C26H26BrClN2O. The molecule has 31 heavy (non-hydrogen) atoms. The van der Waals surface area contributed by atoms with Crippen LogP contribution in [0.25, 0.3) is 11.1 Å². The van der Waals surface area contributed by atoms with Crippen molar-refractivity contribution in [1.82, 2.24) is 0 Å². The second kappa shape index (κ2) is 9.15. The van der Waals surface area contributed by atoms with E-state index < -0.39 is 5.72 Å². The van der Waals surface area contributed by atoms with E-state index in [0.717, 1.165) is 36.2 Å². The van der Waals surface area contributed by atoms with Crippen LogP contribution in [0.2, 0.25) is 5.02 Å². The zero-order valence-corrected chi connectivity index (χ0v) is 19.7. The van der Waals surface area contributed by atoms with Crippen LogP contribution in [-0.4, -0.2) is 28.6 Å². The Balaban J connectivity index is 0.00000231. The standard InChI is InChI=1S/C26H26ClN2O.BrH/c27-23-14-16-24(17-15-23)29-25-9-5-2-6-18-28(25)19-26(29,30)22-12-10-21(11-13-22)20-7-3-1-4-8-20;/h1,3-4,7-8,10-17,30H,2,5-6,9,18-19H2;1H/q+1;/p-1. The van der Waals surface area contributed by atoms with Gasteiger partial charge in [0.2, 0.25) is 0 Å². The molecule has 2 heterocycles. The van der Waals surface area contributed by atoms with E-state index in [1.807, 2.05) is 42.5 Å². The van der Waals surface area contributed by atoms with E-state index in [1.54, 1.807) is 0 Å². The molecule has 3 aromatic carbocycles. The Morgan fingerprint density at radius 3 is 2.19 bits per heavy atom. The van der Waals surface area contributed by atoms with E-state index in [0.29, 0.717) is 11.6 Å². The Morgan fingerprint density at radius 1 is 0.806 bits per heavy atom. The van der Waals surface area contributed by atoms with Gasteiger partial charge in [-0.05, 0) is 54.7 Å². The molecule has 0 aliphatic carbocycles. The van der Waals surface area contributed by atoms with Crippen LogP contribution in [0.15, 0.2) is 78.9 Å². The third kappa shape index (κ3) is 4.17. The number of anilines is 1. The molecule has 3 aromatic rings. The first-order valence-electron chi connectivity index (χ1n) is 10.7. The molecule has 2 aliphatic rings. The van der Waals surface area contributed by atoms with E-state index in [1.165, 1.54) is 24.2 Å². The number of amidine groups is 1. The first-order valence-corrected chi connectivity index (χ1v) is 11.1. The second-order valence-corrected chi connectivity index (χ2v) is 8.66. The van der Waals surface area contributed by atoms with E-state index in [4.69, 9.17) is 11.6 Å². The fourth-order valence-electron chi connectivity index (χ4n) is 4.76. The minimum absolute atomic E-state index is 0. The smallest absolute Gasteiger partial charge is 0.275 e. The molecule has 0 saturated heterocycles. The van der Waals surface area contributed by atoms with E-state index >= 15 is 0 Å². The molecule has 0 aromatic heterocycles. The molecule has 3 nitrogen and oxygen atoms in total. The van der Waals surface area contributed by atoms with Gasteiger partial charge < -0.3 is 22.1 Å². The first kappa shape index (κ1) is 22.1. The zero-order valence-electron chi connectivity index (χ0n) is 17.3. The Hall–Kier alpha value is -2.14. The molecule has 0 saturated carbocycles. The highest BCUT2D eigenvalue weighted by atomic mass is 79.9. The number of rotatable bonds is 3. The molecule has 2 aliphatic heterocycles. The van der Waals surface area contributed by atoms with Gasteiger partial charge in [0.25, 0.3) is 11.6 Å². The zero-order chi connectivity index (χ0) is 20.6. The lowest BCUT2D eigenvalue weighted by Crippen LogP contribution is -3.00. The predicted molar refractivity (Wildman–Crippen MR) is 123 cm³/mol. The molecule has 1 unspecified atom stereocenters. The van der Waals surface area contributed by atoms with Gasteiger partial charge in [-0.15, -0.1) is 0 Å². The average Bonchev–Trinajstić information content (AvgIpc) is 2.91. The second-order valence-electron chi connectivity index (χ2n) is 8.22. The van der Waals surface area contributed by atoms with Gasteiger partial charge in [-0.25, -0.2) is 0 Å². The van der Waals surface area contributed by atoms with E-state index in [2.05, 4.69) is 45.9 Å². The lowest BCUT2D eigenvalue weighted by Gasteiger charge is -2.29. The summed E-state index contributed by atoms with van der Waals surface area (Å²) in [7, 11) is 0. The maximum Gasteiger partial charge on any atom is 0.275 e. The number of halogens is 2. The number of nitrogens with zero attached hydrogens (tertiary/aromatic N) is 2. The van der Waals surface area contributed by atoms with Crippen molar-refractivity contribution in [2.75, 3.05) is 18.0 Å². The van der Waals surface area contributed by atoms with Gasteiger partial charge in [-0.3, -0.25) is 4.58 Å². The van der Waals surface area contributed by atoms with Gasteiger partial charge in [0, 0.05) is 17.0 Å². The fraction of sp³-hybridized carbons (Fsp3) is 0.269. The number of benzene rings is 3. The van der Waals surface area contributed by atoms with Gasteiger partial charge in [0.15, 0.2) is 6.54 Å². The summed E-state index contributed by atoms with van der Waals surface area (Å²) >= 11 is 6.15. The molecule has 5 rings (SSSR count). The fourth-order valence-corrected chi connectivity index (χ4v) is 4.88. The Kier molecular flexibility index (Phi) is 6.52.